The van der Waals surface area contributed by atoms with Gasteiger partial charge in [0.25, 0.3) is 0 Å². The molecule has 0 bridgehead atoms. The number of halogens is 2. The van der Waals surface area contributed by atoms with Gasteiger partial charge >= 0.3 is 0 Å². The third-order valence-corrected chi connectivity index (χ3v) is 3.81. The standard InChI is InChI=1S/C16H10Br2O/c17-13-5-1-3-11(9-13)15-7-8-16(19-15)12-4-2-6-14(18)10-12/h1-10H. The summed E-state index contributed by atoms with van der Waals surface area (Å²) in [5.41, 5.74) is 2.13. The smallest absolute Gasteiger partial charge is 0.134 e. The second-order valence-corrected chi connectivity index (χ2v) is 6.02. The summed E-state index contributed by atoms with van der Waals surface area (Å²) < 4.78 is 8.02. The highest BCUT2D eigenvalue weighted by atomic mass is 79.9. The molecule has 3 rings (SSSR count). The lowest BCUT2D eigenvalue weighted by atomic mass is 10.2. The molecule has 0 atom stereocenters. The number of hydrogen-bond acceptors (Lipinski definition) is 1. The van der Waals surface area contributed by atoms with Crippen molar-refractivity contribution in [2.24, 2.45) is 0 Å². The molecule has 0 aliphatic rings. The van der Waals surface area contributed by atoms with Crippen LogP contribution in [0, 0.1) is 0 Å². The molecule has 0 aliphatic heterocycles. The van der Waals surface area contributed by atoms with Crippen molar-refractivity contribution in [3.05, 3.63) is 69.6 Å². The normalized spacial score (nSPS) is 10.6. The van der Waals surface area contributed by atoms with E-state index in [9.17, 15) is 0 Å². The Hall–Kier alpha value is -1.32. The molecular formula is C16H10Br2O. The predicted molar refractivity (Wildman–Crippen MR) is 85.0 cm³/mol. The van der Waals surface area contributed by atoms with Crippen molar-refractivity contribution < 1.29 is 4.42 Å². The van der Waals surface area contributed by atoms with Crippen LogP contribution >= 0.6 is 31.9 Å². The third kappa shape index (κ3) is 2.82. The molecule has 19 heavy (non-hydrogen) atoms. The fraction of sp³-hybridized carbons (Fsp3) is 0. The maximum atomic E-state index is 5.92. The summed E-state index contributed by atoms with van der Waals surface area (Å²) in [5.74, 6) is 1.74. The molecule has 0 amide bonds. The van der Waals surface area contributed by atoms with Crippen molar-refractivity contribution in [2.75, 3.05) is 0 Å². The molecule has 0 saturated carbocycles. The fourth-order valence-electron chi connectivity index (χ4n) is 1.93. The van der Waals surface area contributed by atoms with Gasteiger partial charge in [0.15, 0.2) is 0 Å². The minimum Gasteiger partial charge on any atom is -0.456 e. The van der Waals surface area contributed by atoms with E-state index in [0.717, 1.165) is 31.6 Å². The van der Waals surface area contributed by atoms with Crippen molar-refractivity contribution in [1.29, 1.82) is 0 Å². The Kier molecular flexibility index (Phi) is 3.58. The Morgan fingerprint density at radius 3 is 1.53 bits per heavy atom. The predicted octanol–water partition coefficient (Wildman–Crippen LogP) is 6.14. The van der Waals surface area contributed by atoms with E-state index in [2.05, 4.69) is 31.9 Å². The highest BCUT2D eigenvalue weighted by Gasteiger charge is 2.07. The average Bonchev–Trinajstić information content (AvgIpc) is 2.88. The molecule has 1 heterocycles. The monoisotopic (exact) mass is 376 g/mol. The van der Waals surface area contributed by atoms with E-state index in [1.165, 1.54) is 0 Å². The van der Waals surface area contributed by atoms with Crippen LogP contribution in [0.4, 0.5) is 0 Å². The topological polar surface area (TPSA) is 13.1 Å². The van der Waals surface area contributed by atoms with E-state index in [0.29, 0.717) is 0 Å². The van der Waals surface area contributed by atoms with Crippen LogP contribution < -0.4 is 0 Å². The van der Waals surface area contributed by atoms with Crippen molar-refractivity contribution in [2.45, 2.75) is 0 Å². The van der Waals surface area contributed by atoms with E-state index in [-0.39, 0.29) is 0 Å². The lowest BCUT2D eigenvalue weighted by molar-refractivity contribution is 0.597. The maximum Gasteiger partial charge on any atom is 0.134 e. The molecule has 0 unspecified atom stereocenters. The first-order chi connectivity index (χ1) is 9.22. The molecule has 0 saturated heterocycles. The average molecular weight is 378 g/mol. The molecule has 0 fully saturated rings. The van der Waals surface area contributed by atoms with Gasteiger partial charge in [-0.25, -0.2) is 0 Å². The van der Waals surface area contributed by atoms with Gasteiger partial charge in [-0.1, -0.05) is 56.1 Å². The molecule has 0 aliphatic carbocycles. The van der Waals surface area contributed by atoms with E-state index >= 15 is 0 Å². The second kappa shape index (κ2) is 5.35. The Labute approximate surface area is 128 Å². The van der Waals surface area contributed by atoms with Gasteiger partial charge < -0.3 is 4.42 Å². The van der Waals surface area contributed by atoms with Crippen LogP contribution in [0.15, 0.2) is 74.0 Å². The summed E-state index contributed by atoms with van der Waals surface area (Å²) >= 11 is 6.95. The van der Waals surface area contributed by atoms with E-state index in [4.69, 9.17) is 4.42 Å². The molecule has 3 heteroatoms. The van der Waals surface area contributed by atoms with Gasteiger partial charge in [-0.3, -0.25) is 0 Å². The second-order valence-electron chi connectivity index (χ2n) is 4.18. The molecule has 1 aromatic heterocycles. The minimum absolute atomic E-state index is 0.872. The highest BCUT2D eigenvalue weighted by molar-refractivity contribution is 9.10. The summed E-state index contributed by atoms with van der Waals surface area (Å²) in [6.07, 6.45) is 0. The minimum atomic E-state index is 0.872. The lowest BCUT2D eigenvalue weighted by Crippen LogP contribution is -1.74. The zero-order chi connectivity index (χ0) is 13.2. The molecule has 2 aromatic carbocycles. The van der Waals surface area contributed by atoms with Gasteiger partial charge in [0.05, 0.1) is 0 Å². The lowest BCUT2D eigenvalue weighted by Gasteiger charge is -1.99. The van der Waals surface area contributed by atoms with Crippen molar-refractivity contribution in [3.63, 3.8) is 0 Å². The van der Waals surface area contributed by atoms with Crippen LogP contribution in [0.2, 0.25) is 0 Å². The fourth-order valence-corrected chi connectivity index (χ4v) is 2.73. The number of furan rings is 1. The van der Waals surface area contributed by atoms with Crippen molar-refractivity contribution in [1.82, 2.24) is 0 Å². The van der Waals surface area contributed by atoms with Gasteiger partial charge in [-0.2, -0.15) is 0 Å². The number of hydrogen-bond donors (Lipinski definition) is 0. The quantitative estimate of drug-likeness (QED) is 0.522. The van der Waals surface area contributed by atoms with Gasteiger partial charge in [-0.15, -0.1) is 0 Å². The molecule has 0 N–H and O–H groups in total. The number of rotatable bonds is 2. The summed E-state index contributed by atoms with van der Waals surface area (Å²) in [5, 5.41) is 0. The van der Waals surface area contributed by atoms with Crippen molar-refractivity contribution >= 4 is 31.9 Å². The van der Waals surface area contributed by atoms with Crippen LogP contribution in [-0.4, -0.2) is 0 Å². The molecule has 0 radical (unpaired) electrons. The largest absolute Gasteiger partial charge is 0.456 e. The first kappa shape index (κ1) is 12.7. The van der Waals surface area contributed by atoms with Gasteiger partial charge in [0.1, 0.15) is 11.5 Å². The number of benzene rings is 2. The summed E-state index contributed by atoms with van der Waals surface area (Å²) in [6.45, 7) is 0. The van der Waals surface area contributed by atoms with E-state index in [1.54, 1.807) is 0 Å². The van der Waals surface area contributed by atoms with Crippen LogP contribution in [0.1, 0.15) is 0 Å². The molecule has 0 spiro atoms. The third-order valence-electron chi connectivity index (χ3n) is 2.82. The highest BCUT2D eigenvalue weighted by Crippen LogP contribution is 2.30. The van der Waals surface area contributed by atoms with Gasteiger partial charge in [0.2, 0.25) is 0 Å². The van der Waals surface area contributed by atoms with Crippen LogP contribution in [-0.2, 0) is 0 Å². The molecule has 1 nitrogen and oxygen atoms in total. The summed E-state index contributed by atoms with van der Waals surface area (Å²) in [6, 6.07) is 20.2. The SMILES string of the molecule is Brc1cccc(-c2ccc(-c3cccc(Br)c3)o2)c1. The zero-order valence-corrected chi connectivity index (χ0v) is 13.1. The molecular weight excluding hydrogens is 368 g/mol. The zero-order valence-electron chi connectivity index (χ0n) is 9.94. The van der Waals surface area contributed by atoms with Crippen LogP contribution in [0.3, 0.4) is 0 Å². The maximum absolute atomic E-state index is 5.92. The van der Waals surface area contributed by atoms with Crippen molar-refractivity contribution in [3.8, 4) is 22.6 Å². The van der Waals surface area contributed by atoms with Crippen LogP contribution in [0.25, 0.3) is 22.6 Å². The summed E-state index contributed by atoms with van der Waals surface area (Å²) in [4.78, 5) is 0. The van der Waals surface area contributed by atoms with Crippen LogP contribution in [0.5, 0.6) is 0 Å². The Bertz CT molecular complexity index is 656. The molecule has 3 aromatic rings. The first-order valence-corrected chi connectivity index (χ1v) is 7.43. The molecule has 94 valence electrons. The Morgan fingerprint density at radius 1 is 0.632 bits per heavy atom. The summed E-state index contributed by atoms with van der Waals surface area (Å²) in [7, 11) is 0. The Morgan fingerprint density at radius 2 is 1.11 bits per heavy atom. The van der Waals surface area contributed by atoms with Gasteiger partial charge in [-0.05, 0) is 36.4 Å². The van der Waals surface area contributed by atoms with E-state index < -0.39 is 0 Å². The Balaban J connectivity index is 2.00. The first-order valence-electron chi connectivity index (χ1n) is 5.84. The van der Waals surface area contributed by atoms with E-state index in [1.807, 2.05) is 60.7 Å². The van der Waals surface area contributed by atoms with Gasteiger partial charge in [0, 0.05) is 20.1 Å².